The Morgan fingerprint density at radius 3 is 2.89 bits per heavy atom. The fourth-order valence-electron chi connectivity index (χ4n) is 4.27. The van der Waals surface area contributed by atoms with Crippen LogP contribution >= 0.6 is 0 Å². The Hall–Kier alpha value is -1.89. The zero-order chi connectivity index (χ0) is 19.1. The second kappa shape index (κ2) is 9.88. The number of carbonyl (C=O) groups is 2. The van der Waals surface area contributed by atoms with E-state index in [1.165, 1.54) is 32.1 Å². The number of rotatable bonds is 8. The van der Waals surface area contributed by atoms with E-state index >= 15 is 0 Å². The Morgan fingerprint density at radius 2 is 2.15 bits per heavy atom. The van der Waals surface area contributed by atoms with Gasteiger partial charge >= 0.3 is 0 Å². The first-order valence-electron chi connectivity index (χ1n) is 10.4. The van der Waals surface area contributed by atoms with E-state index in [9.17, 15) is 9.59 Å². The fraction of sp³-hybridized carbons (Fsp3) is 0.750. The van der Waals surface area contributed by atoms with E-state index in [0.29, 0.717) is 19.0 Å². The monoisotopic (exact) mass is 375 g/mol. The SMILES string of the molecule is Cc1nccn1CCCNC(=O)C[C@H]1C(=O)NCCN1CC1CCCCC1. The molecule has 150 valence electrons. The van der Waals surface area contributed by atoms with E-state index < -0.39 is 0 Å². The smallest absolute Gasteiger partial charge is 0.237 e. The third-order valence-corrected chi connectivity index (χ3v) is 5.86. The van der Waals surface area contributed by atoms with Crippen molar-refractivity contribution in [1.82, 2.24) is 25.1 Å². The highest BCUT2D eigenvalue weighted by molar-refractivity contribution is 5.88. The van der Waals surface area contributed by atoms with Crippen LogP contribution < -0.4 is 10.6 Å². The first-order chi connectivity index (χ1) is 13.1. The van der Waals surface area contributed by atoms with E-state index in [2.05, 4.69) is 25.1 Å². The van der Waals surface area contributed by atoms with Crippen LogP contribution in [0.4, 0.5) is 0 Å². The summed E-state index contributed by atoms with van der Waals surface area (Å²) >= 11 is 0. The molecule has 1 saturated carbocycles. The van der Waals surface area contributed by atoms with Crippen LogP contribution in [-0.4, -0.2) is 58.5 Å². The summed E-state index contributed by atoms with van der Waals surface area (Å²) in [5, 5.41) is 5.90. The second-order valence-corrected chi connectivity index (χ2v) is 7.88. The number of aryl methyl sites for hydroxylation is 2. The Bertz CT molecular complexity index is 624. The van der Waals surface area contributed by atoms with Crippen molar-refractivity contribution >= 4 is 11.8 Å². The Balaban J connectivity index is 1.43. The molecule has 3 rings (SSSR count). The van der Waals surface area contributed by atoms with Crippen LogP contribution in [0, 0.1) is 12.8 Å². The summed E-state index contributed by atoms with van der Waals surface area (Å²) in [5.74, 6) is 1.63. The van der Waals surface area contributed by atoms with Crippen molar-refractivity contribution in [2.75, 3.05) is 26.2 Å². The van der Waals surface area contributed by atoms with Gasteiger partial charge < -0.3 is 15.2 Å². The van der Waals surface area contributed by atoms with E-state index in [-0.39, 0.29) is 24.3 Å². The lowest BCUT2D eigenvalue weighted by Gasteiger charge is -2.37. The molecule has 7 heteroatoms. The molecule has 1 saturated heterocycles. The average Bonchev–Trinajstić information content (AvgIpc) is 3.07. The van der Waals surface area contributed by atoms with Crippen molar-refractivity contribution in [2.24, 2.45) is 5.92 Å². The molecule has 2 heterocycles. The summed E-state index contributed by atoms with van der Waals surface area (Å²) in [4.78, 5) is 31.2. The molecule has 2 N–H and O–H groups in total. The highest BCUT2D eigenvalue weighted by Gasteiger charge is 2.33. The maximum atomic E-state index is 12.4. The van der Waals surface area contributed by atoms with Gasteiger partial charge in [-0.2, -0.15) is 0 Å². The summed E-state index contributed by atoms with van der Waals surface area (Å²) in [5.41, 5.74) is 0. The first-order valence-corrected chi connectivity index (χ1v) is 10.4. The van der Waals surface area contributed by atoms with Crippen molar-refractivity contribution in [1.29, 1.82) is 0 Å². The van der Waals surface area contributed by atoms with Gasteiger partial charge in [-0.1, -0.05) is 19.3 Å². The summed E-state index contributed by atoms with van der Waals surface area (Å²) in [6.07, 6.45) is 11.3. The molecular formula is C20H33N5O2. The molecule has 27 heavy (non-hydrogen) atoms. The summed E-state index contributed by atoms with van der Waals surface area (Å²) in [7, 11) is 0. The maximum absolute atomic E-state index is 12.4. The van der Waals surface area contributed by atoms with Gasteiger partial charge in [0.15, 0.2) is 0 Å². The van der Waals surface area contributed by atoms with Gasteiger partial charge in [-0.3, -0.25) is 14.5 Å². The molecule has 2 aliphatic rings. The Labute approximate surface area is 161 Å². The highest BCUT2D eigenvalue weighted by Crippen LogP contribution is 2.25. The molecule has 7 nitrogen and oxygen atoms in total. The Morgan fingerprint density at radius 1 is 1.33 bits per heavy atom. The van der Waals surface area contributed by atoms with Gasteiger partial charge in [0.25, 0.3) is 0 Å². The minimum Gasteiger partial charge on any atom is -0.356 e. The number of imidazole rings is 1. The van der Waals surface area contributed by atoms with Crippen LogP contribution in [0.1, 0.15) is 50.8 Å². The number of carbonyl (C=O) groups excluding carboxylic acids is 2. The van der Waals surface area contributed by atoms with Crippen LogP contribution in [0.5, 0.6) is 0 Å². The van der Waals surface area contributed by atoms with E-state index in [0.717, 1.165) is 31.9 Å². The normalized spacial score (nSPS) is 21.8. The molecule has 1 aromatic heterocycles. The largest absolute Gasteiger partial charge is 0.356 e. The van der Waals surface area contributed by atoms with Crippen LogP contribution in [0.25, 0.3) is 0 Å². The van der Waals surface area contributed by atoms with Gasteiger partial charge in [0, 0.05) is 45.1 Å². The fourth-order valence-corrected chi connectivity index (χ4v) is 4.27. The van der Waals surface area contributed by atoms with Crippen LogP contribution in [0.2, 0.25) is 0 Å². The summed E-state index contributed by atoms with van der Waals surface area (Å²) < 4.78 is 2.08. The van der Waals surface area contributed by atoms with E-state index in [1.54, 1.807) is 6.20 Å². The van der Waals surface area contributed by atoms with Crippen molar-refractivity contribution in [3.05, 3.63) is 18.2 Å². The lowest BCUT2D eigenvalue weighted by atomic mass is 9.88. The van der Waals surface area contributed by atoms with E-state index in [4.69, 9.17) is 0 Å². The molecule has 1 aliphatic heterocycles. The number of hydrogen-bond donors (Lipinski definition) is 2. The van der Waals surface area contributed by atoms with Crippen molar-refractivity contribution < 1.29 is 9.59 Å². The minimum absolute atomic E-state index is 0.00116. The first kappa shape index (κ1) is 19.9. The van der Waals surface area contributed by atoms with Crippen LogP contribution in [-0.2, 0) is 16.1 Å². The van der Waals surface area contributed by atoms with Crippen molar-refractivity contribution in [3.8, 4) is 0 Å². The quantitative estimate of drug-likeness (QED) is 0.675. The predicted molar refractivity (Wildman–Crippen MR) is 104 cm³/mol. The van der Waals surface area contributed by atoms with Crippen LogP contribution in [0.15, 0.2) is 12.4 Å². The second-order valence-electron chi connectivity index (χ2n) is 7.88. The standard InChI is InChI=1S/C20H33N5O2/c1-16-21-9-12-24(16)11-5-8-22-19(26)14-18-20(27)23-10-13-25(18)15-17-6-3-2-4-7-17/h9,12,17-18H,2-8,10-11,13-15H2,1H3,(H,22,26)(H,23,27)/t18-/m0/s1. The number of aromatic nitrogens is 2. The zero-order valence-corrected chi connectivity index (χ0v) is 16.5. The van der Waals surface area contributed by atoms with Crippen molar-refractivity contribution in [2.45, 2.75) is 64.5 Å². The number of amides is 2. The summed E-state index contributed by atoms with van der Waals surface area (Å²) in [6.45, 7) is 5.91. The molecular weight excluding hydrogens is 342 g/mol. The molecule has 0 bridgehead atoms. The zero-order valence-electron chi connectivity index (χ0n) is 16.5. The Kier molecular flexibility index (Phi) is 7.26. The maximum Gasteiger partial charge on any atom is 0.237 e. The van der Waals surface area contributed by atoms with E-state index in [1.807, 2.05) is 13.1 Å². The highest BCUT2D eigenvalue weighted by atomic mass is 16.2. The number of hydrogen-bond acceptors (Lipinski definition) is 4. The van der Waals surface area contributed by atoms with Gasteiger partial charge in [-0.25, -0.2) is 4.98 Å². The third kappa shape index (κ3) is 5.79. The lowest BCUT2D eigenvalue weighted by Crippen LogP contribution is -2.57. The predicted octanol–water partition coefficient (Wildman–Crippen LogP) is 1.47. The molecule has 1 aliphatic carbocycles. The van der Waals surface area contributed by atoms with Gasteiger partial charge in [-0.05, 0) is 32.1 Å². The molecule has 2 fully saturated rings. The van der Waals surface area contributed by atoms with Gasteiger partial charge in [0.05, 0.1) is 12.5 Å². The lowest BCUT2D eigenvalue weighted by molar-refractivity contribution is -0.134. The van der Waals surface area contributed by atoms with Crippen molar-refractivity contribution in [3.63, 3.8) is 0 Å². The molecule has 0 spiro atoms. The van der Waals surface area contributed by atoms with Crippen LogP contribution in [0.3, 0.4) is 0 Å². The number of nitrogens with zero attached hydrogens (tertiary/aromatic N) is 3. The van der Waals surface area contributed by atoms with Gasteiger partial charge in [-0.15, -0.1) is 0 Å². The number of nitrogens with one attached hydrogen (secondary N) is 2. The van der Waals surface area contributed by atoms with Gasteiger partial charge in [0.2, 0.25) is 11.8 Å². The molecule has 2 amide bonds. The van der Waals surface area contributed by atoms with Gasteiger partial charge in [0.1, 0.15) is 5.82 Å². The summed E-state index contributed by atoms with van der Waals surface area (Å²) in [6, 6.07) is -0.323. The molecule has 0 unspecified atom stereocenters. The molecule has 0 aromatic carbocycles. The average molecular weight is 376 g/mol. The molecule has 1 aromatic rings. The molecule has 1 atom stereocenters. The minimum atomic E-state index is -0.323. The molecule has 0 radical (unpaired) electrons. The topological polar surface area (TPSA) is 79.3 Å². The third-order valence-electron chi connectivity index (χ3n) is 5.86. The number of piperazine rings is 1.